The van der Waals surface area contributed by atoms with E-state index < -0.39 is 0 Å². The first kappa shape index (κ1) is 28.8. The molecule has 0 heterocycles. The van der Waals surface area contributed by atoms with Crippen molar-refractivity contribution >= 4 is 22.6 Å². The Hall–Kier alpha value is -2.29. The zero-order valence-electron chi connectivity index (χ0n) is 26.3. The average Bonchev–Trinajstić information content (AvgIpc) is 3.30. The molecular weight excluding hydrogens is 502 g/mol. The Morgan fingerprint density at radius 2 is 1.76 bits per heavy atom. The molecule has 3 nitrogen and oxygen atoms in total. The van der Waals surface area contributed by atoms with Crippen LogP contribution in [-0.4, -0.2) is 12.2 Å². The van der Waals surface area contributed by atoms with Crippen molar-refractivity contribution in [1.29, 1.82) is 0 Å². The summed E-state index contributed by atoms with van der Waals surface area (Å²) in [5.74, 6) is 5.10. The van der Waals surface area contributed by atoms with Crippen LogP contribution in [0.25, 0.3) is 10.8 Å². The number of benzene rings is 2. The van der Waals surface area contributed by atoms with Gasteiger partial charge in [0.15, 0.2) is 0 Å². The van der Waals surface area contributed by atoms with E-state index in [0.717, 1.165) is 71.2 Å². The largest absolute Gasteiger partial charge is 0.446 e. The average molecular weight is 556 g/mol. The molecule has 3 saturated carbocycles. The number of rotatable bonds is 7. The number of fused-ring (bicyclic) bond motifs is 6. The highest BCUT2D eigenvalue weighted by Crippen LogP contribution is 2.67. The Kier molecular flexibility index (Phi) is 8.02. The molecule has 0 saturated heterocycles. The number of ether oxygens (including phenoxy) is 1. The number of hydrogen-bond donors (Lipinski definition) is 1. The van der Waals surface area contributed by atoms with Crippen LogP contribution in [-0.2, 0) is 4.74 Å². The predicted molar refractivity (Wildman–Crippen MR) is 171 cm³/mol. The van der Waals surface area contributed by atoms with Crippen LogP contribution in [0.4, 0.5) is 10.5 Å². The summed E-state index contributed by atoms with van der Waals surface area (Å²) in [4.78, 5) is 13.0. The summed E-state index contributed by atoms with van der Waals surface area (Å²) >= 11 is 0. The Bertz CT molecular complexity index is 1270. The van der Waals surface area contributed by atoms with Gasteiger partial charge in [0.2, 0.25) is 0 Å². The second-order valence-electron chi connectivity index (χ2n) is 15.2. The van der Waals surface area contributed by atoms with Gasteiger partial charge in [0.25, 0.3) is 0 Å². The molecule has 3 fully saturated rings. The van der Waals surface area contributed by atoms with Crippen molar-refractivity contribution < 1.29 is 9.53 Å². The first-order valence-corrected chi connectivity index (χ1v) is 16.8. The second kappa shape index (κ2) is 11.4. The van der Waals surface area contributed by atoms with Crippen LogP contribution in [0.15, 0.2) is 54.1 Å². The number of hydrogen-bond acceptors (Lipinski definition) is 2. The van der Waals surface area contributed by atoms with Crippen molar-refractivity contribution in [2.24, 2.45) is 46.3 Å². The van der Waals surface area contributed by atoms with E-state index >= 15 is 0 Å². The molecule has 4 aliphatic carbocycles. The minimum absolute atomic E-state index is 0.0303. The Labute approximate surface area is 248 Å². The zero-order chi connectivity index (χ0) is 28.8. The lowest BCUT2D eigenvalue weighted by Crippen LogP contribution is -2.51. The van der Waals surface area contributed by atoms with E-state index in [1.165, 1.54) is 51.4 Å². The molecule has 0 aromatic heterocycles. The van der Waals surface area contributed by atoms with Gasteiger partial charge in [-0.25, -0.2) is 4.79 Å². The maximum atomic E-state index is 13.0. The molecule has 8 atom stereocenters. The third-order valence-electron chi connectivity index (χ3n) is 12.6. The van der Waals surface area contributed by atoms with Crippen LogP contribution in [0.5, 0.6) is 0 Å². The molecule has 1 amide bonds. The van der Waals surface area contributed by atoms with E-state index in [0.29, 0.717) is 5.41 Å². The van der Waals surface area contributed by atoms with Crippen molar-refractivity contribution in [3.05, 3.63) is 54.1 Å². The van der Waals surface area contributed by atoms with E-state index in [1.807, 2.05) is 24.3 Å². The van der Waals surface area contributed by atoms with E-state index in [1.54, 1.807) is 5.57 Å². The first-order chi connectivity index (χ1) is 19.7. The van der Waals surface area contributed by atoms with Crippen molar-refractivity contribution in [3.8, 4) is 0 Å². The number of allylic oxidation sites excluding steroid dienone is 1. The summed E-state index contributed by atoms with van der Waals surface area (Å²) in [6.07, 6.45) is 16.4. The monoisotopic (exact) mass is 555 g/mol. The summed E-state index contributed by atoms with van der Waals surface area (Å²) in [6, 6.07) is 14.2. The number of amides is 1. The normalized spacial score (nSPS) is 35.3. The minimum Gasteiger partial charge on any atom is -0.446 e. The number of anilines is 1. The standard InChI is InChI=1S/C38H53NO2/c1-25(2)10-8-11-26(3)32-18-19-33-31-17-16-28-24-29(20-22-37(28,4)34(31)21-23-38(32,33)5)41-36(40)39-35-15-9-13-27-12-6-7-14-30(27)35/h6-7,9,12-16,25-26,29,31-34H,8,10-11,17-24H2,1-5H3,(H,39,40)/t26-,29-,31-,32+,33-,34-,37-,38+/m0/s1. The summed E-state index contributed by atoms with van der Waals surface area (Å²) in [5.41, 5.74) is 3.20. The maximum Gasteiger partial charge on any atom is 0.411 e. The molecular formula is C38H53NO2. The molecule has 2 aromatic carbocycles. The topological polar surface area (TPSA) is 38.3 Å². The number of nitrogens with one attached hydrogen (secondary N) is 1. The van der Waals surface area contributed by atoms with Crippen LogP contribution in [0.3, 0.4) is 0 Å². The van der Waals surface area contributed by atoms with Gasteiger partial charge in [0.05, 0.1) is 5.69 Å². The summed E-state index contributed by atoms with van der Waals surface area (Å²) in [5, 5.41) is 5.21. The van der Waals surface area contributed by atoms with Gasteiger partial charge < -0.3 is 4.74 Å². The number of carbonyl (C=O) groups excluding carboxylic acids is 1. The van der Waals surface area contributed by atoms with E-state index in [4.69, 9.17) is 4.74 Å². The van der Waals surface area contributed by atoms with Gasteiger partial charge in [-0.15, -0.1) is 0 Å². The van der Waals surface area contributed by atoms with Crippen LogP contribution in [0, 0.1) is 46.3 Å². The molecule has 0 spiro atoms. The highest BCUT2D eigenvalue weighted by Gasteiger charge is 2.59. The lowest BCUT2D eigenvalue weighted by Gasteiger charge is -2.58. The van der Waals surface area contributed by atoms with Gasteiger partial charge >= 0.3 is 6.09 Å². The van der Waals surface area contributed by atoms with Crippen LogP contribution < -0.4 is 5.32 Å². The predicted octanol–water partition coefficient (Wildman–Crippen LogP) is 10.8. The van der Waals surface area contributed by atoms with Gasteiger partial charge in [-0.1, -0.05) is 102 Å². The maximum absolute atomic E-state index is 13.0. The molecule has 6 rings (SSSR count). The molecule has 1 N–H and O–H groups in total. The SMILES string of the molecule is CC(C)CCC[C@H](C)[C@H]1CC[C@H]2[C@@H]3CC=C4C[C@@H](OC(=O)Nc5cccc6ccccc56)CC[C@]4(C)[C@H]3CC[C@]12C. The first-order valence-electron chi connectivity index (χ1n) is 16.8. The fraction of sp³-hybridized carbons (Fsp3) is 0.658. The Balaban J connectivity index is 1.10. The summed E-state index contributed by atoms with van der Waals surface area (Å²) in [6.45, 7) is 12.6. The van der Waals surface area contributed by atoms with Crippen molar-refractivity contribution in [2.75, 3.05) is 5.32 Å². The fourth-order valence-electron chi connectivity index (χ4n) is 10.4. The van der Waals surface area contributed by atoms with Crippen molar-refractivity contribution in [3.63, 3.8) is 0 Å². The third-order valence-corrected chi connectivity index (χ3v) is 12.6. The highest BCUT2D eigenvalue weighted by atomic mass is 16.6. The van der Waals surface area contributed by atoms with Crippen LogP contribution in [0.1, 0.15) is 105 Å². The lowest BCUT2D eigenvalue weighted by atomic mass is 9.47. The molecule has 4 aliphatic rings. The lowest BCUT2D eigenvalue weighted by molar-refractivity contribution is -0.0577. The van der Waals surface area contributed by atoms with Gasteiger partial charge in [-0.2, -0.15) is 0 Å². The number of carbonyl (C=O) groups is 1. The van der Waals surface area contributed by atoms with Gasteiger partial charge in [-0.05, 0) is 103 Å². The molecule has 0 radical (unpaired) electrons. The molecule has 3 heteroatoms. The van der Waals surface area contributed by atoms with Gasteiger partial charge in [0.1, 0.15) is 6.10 Å². The fourth-order valence-corrected chi connectivity index (χ4v) is 10.4. The molecule has 0 aliphatic heterocycles. The van der Waals surface area contributed by atoms with Crippen molar-refractivity contribution in [2.45, 2.75) is 111 Å². The summed E-state index contributed by atoms with van der Waals surface area (Å²) < 4.78 is 6.06. The molecule has 0 bridgehead atoms. The highest BCUT2D eigenvalue weighted by molar-refractivity contribution is 6.00. The summed E-state index contributed by atoms with van der Waals surface area (Å²) in [7, 11) is 0. The van der Waals surface area contributed by atoms with E-state index in [-0.39, 0.29) is 17.6 Å². The molecule has 41 heavy (non-hydrogen) atoms. The Morgan fingerprint density at radius 1 is 0.951 bits per heavy atom. The van der Waals surface area contributed by atoms with Crippen LogP contribution in [0.2, 0.25) is 0 Å². The minimum atomic E-state index is -0.322. The smallest absolute Gasteiger partial charge is 0.411 e. The molecule has 222 valence electrons. The van der Waals surface area contributed by atoms with Gasteiger partial charge in [0, 0.05) is 11.8 Å². The van der Waals surface area contributed by atoms with E-state index in [2.05, 4.69) is 64.2 Å². The third kappa shape index (κ3) is 5.36. The molecule has 0 unspecified atom stereocenters. The van der Waals surface area contributed by atoms with Gasteiger partial charge in [-0.3, -0.25) is 5.32 Å². The zero-order valence-corrected chi connectivity index (χ0v) is 26.3. The Morgan fingerprint density at radius 3 is 2.59 bits per heavy atom. The quantitative estimate of drug-likeness (QED) is 0.345. The van der Waals surface area contributed by atoms with E-state index in [9.17, 15) is 4.79 Å². The van der Waals surface area contributed by atoms with Crippen LogP contribution >= 0.6 is 0 Å². The molecule has 2 aromatic rings. The second-order valence-corrected chi connectivity index (χ2v) is 15.2. The van der Waals surface area contributed by atoms with Crippen molar-refractivity contribution in [1.82, 2.24) is 0 Å².